The van der Waals surface area contributed by atoms with Gasteiger partial charge in [-0.15, -0.1) is 0 Å². The van der Waals surface area contributed by atoms with Crippen molar-refractivity contribution in [3.05, 3.63) is 28.2 Å². The molecule has 102 valence electrons. The Hall–Kier alpha value is -1.36. The number of halogens is 1. The molecule has 1 aliphatic heterocycles. The molecule has 0 saturated carbocycles. The van der Waals surface area contributed by atoms with Gasteiger partial charge in [-0.3, -0.25) is 9.59 Å². The maximum atomic E-state index is 11.9. The molecule has 0 bridgehead atoms. The van der Waals surface area contributed by atoms with Crippen LogP contribution < -0.4 is 10.2 Å². The first-order chi connectivity index (χ1) is 9.08. The van der Waals surface area contributed by atoms with Crippen LogP contribution in [-0.2, 0) is 9.59 Å². The van der Waals surface area contributed by atoms with Crippen molar-refractivity contribution >= 4 is 33.9 Å². The highest BCUT2D eigenvalue weighted by Gasteiger charge is 2.33. The average molecular weight is 325 g/mol. The molecule has 2 rings (SSSR count). The van der Waals surface area contributed by atoms with Gasteiger partial charge in [-0.2, -0.15) is 0 Å². The van der Waals surface area contributed by atoms with E-state index in [0.717, 1.165) is 35.0 Å². The van der Waals surface area contributed by atoms with E-state index in [-0.39, 0.29) is 18.0 Å². The van der Waals surface area contributed by atoms with Crippen molar-refractivity contribution in [1.82, 2.24) is 5.32 Å². The van der Waals surface area contributed by atoms with Crippen LogP contribution in [0.3, 0.4) is 0 Å². The summed E-state index contributed by atoms with van der Waals surface area (Å²) in [6.07, 6.45) is 2.34. The van der Waals surface area contributed by atoms with Gasteiger partial charge in [-0.05, 0) is 36.6 Å². The highest BCUT2D eigenvalue weighted by molar-refractivity contribution is 9.10. The van der Waals surface area contributed by atoms with Gasteiger partial charge in [0.1, 0.15) is 0 Å². The van der Waals surface area contributed by atoms with E-state index < -0.39 is 0 Å². The molecule has 1 aliphatic rings. The summed E-state index contributed by atoms with van der Waals surface area (Å²) in [5.74, 6) is 0.0416. The van der Waals surface area contributed by atoms with Gasteiger partial charge in [0.05, 0.1) is 6.04 Å². The minimum Gasteiger partial charge on any atom is -0.352 e. The van der Waals surface area contributed by atoms with Crippen molar-refractivity contribution < 1.29 is 9.59 Å². The third kappa shape index (κ3) is 2.66. The molecule has 0 saturated heterocycles. The van der Waals surface area contributed by atoms with E-state index in [2.05, 4.69) is 28.2 Å². The summed E-state index contributed by atoms with van der Waals surface area (Å²) in [4.78, 5) is 24.5. The summed E-state index contributed by atoms with van der Waals surface area (Å²) in [6.45, 7) is 3.64. The summed E-state index contributed by atoms with van der Waals surface area (Å²) < 4.78 is 0.947. The minimum atomic E-state index is -0.0365. The molecule has 1 aromatic rings. The Balaban J connectivity index is 2.52. The zero-order chi connectivity index (χ0) is 14.0. The van der Waals surface area contributed by atoms with Gasteiger partial charge in [0.25, 0.3) is 0 Å². The van der Waals surface area contributed by atoms with Crippen molar-refractivity contribution in [1.29, 1.82) is 0 Å². The Morgan fingerprint density at radius 3 is 2.89 bits per heavy atom. The number of amides is 2. The van der Waals surface area contributed by atoms with Crippen LogP contribution >= 0.6 is 15.9 Å². The molecular formula is C14H17BrN2O2. The first-order valence-corrected chi connectivity index (χ1v) is 7.16. The van der Waals surface area contributed by atoms with Gasteiger partial charge in [0, 0.05) is 23.1 Å². The van der Waals surface area contributed by atoms with Crippen LogP contribution in [0.15, 0.2) is 22.7 Å². The molecule has 1 heterocycles. The van der Waals surface area contributed by atoms with Gasteiger partial charge in [-0.1, -0.05) is 22.9 Å². The Kier molecular flexibility index (Phi) is 4.24. The molecule has 2 atom stereocenters. The maximum Gasteiger partial charge on any atom is 0.224 e. The molecule has 5 heteroatoms. The third-order valence-corrected chi connectivity index (χ3v) is 4.07. The first-order valence-electron chi connectivity index (χ1n) is 6.37. The SMILES string of the molecule is CC[C@@H]1C[C@H](NC=O)c2cc(Br)ccc2N1C(C)=O. The van der Waals surface area contributed by atoms with Crippen LogP contribution in [0, 0.1) is 0 Å². The Morgan fingerprint density at radius 2 is 2.32 bits per heavy atom. The lowest BCUT2D eigenvalue weighted by Gasteiger charge is -2.40. The number of carbonyl (C=O) groups excluding carboxylic acids is 2. The number of nitrogens with zero attached hydrogens (tertiary/aromatic N) is 1. The second-order valence-corrected chi connectivity index (χ2v) is 5.64. The zero-order valence-corrected chi connectivity index (χ0v) is 12.6. The zero-order valence-electron chi connectivity index (χ0n) is 11.0. The first kappa shape index (κ1) is 14.1. The predicted octanol–water partition coefficient (Wildman–Crippen LogP) is 2.77. The van der Waals surface area contributed by atoms with Crippen LogP contribution in [0.4, 0.5) is 5.69 Å². The van der Waals surface area contributed by atoms with Crippen LogP contribution in [0.1, 0.15) is 38.3 Å². The summed E-state index contributed by atoms with van der Waals surface area (Å²) in [7, 11) is 0. The van der Waals surface area contributed by atoms with E-state index >= 15 is 0 Å². The molecule has 19 heavy (non-hydrogen) atoms. The number of fused-ring (bicyclic) bond motifs is 1. The average Bonchev–Trinajstić information content (AvgIpc) is 2.38. The number of nitrogens with one attached hydrogen (secondary N) is 1. The van der Waals surface area contributed by atoms with Crippen LogP contribution in [0.2, 0.25) is 0 Å². The molecule has 0 unspecified atom stereocenters. The van der Waals surface area contributed by atoms with Crippen molar-refractivity contribution in [3.8, 4) is 0 Å². The number of rotatable bonds is 3. The van der Waals surface area contributed by atoms with Gasteiger partial charge in [0.15, 0.2) is 0 Å². The van der Waals surface area contributed by atoms with Crippen LogP contribution in [-0.4, -0.2) is 18.4 Å². The van der Waals surface area contributed by atoms with Gasteiger partial charge in [0.2, 0.25) is 12.3 Å². The molecule has 1 N–H and O–H groups in total. The molecule has 1 aromatic carbocycles. The quantitative estimate of drug-likeness (QED) is 0.869. The topological polar surface area (TPSA) is 49.4 Å². The molecular weight excluding hydrogens is 308 g/mol. The smallest absolute Gasteiger partial charge is 0.224 e. The fourth-order valence-corrected chi connectivity index (χ4v) is 3.12. The molecule has 0 radical (unpaired) electrons. The van der Waals surface area contributed by atoms with Crippen LogP contribution in [0.25, 0.3) is 0 Å². The van der Waals surface area contributed by atoms with E-state index in [9.17, 15) is 9.59 Å². The Bertz CT molecular complexity index is 504. The highest BCUT2D eigenvalue weighted by Crippen LogP contribution is 2.39. The minimum absolute atomic E-state index is 0.0365. The van der Waals surface area contributed by atoms with Crippen molar-refractivity contribution in [3.63, 3.8) is 0 Å². The lowest BCUT2D eigenvalue weighted by Crippen LogP contribution is -2.45. The second kappa shape index (κ2) is 5.74. The fraction of sp³-hybridized carbons (Fsp3) is 0.429. The fourth-order valence-electron chi connectivity index (χ4n) is 2.74. The third-order valence-electron chi connectivity index (χ3n) is 3.58. The van der Waals surface area contributed by atoms with Crippen molar-refractivity contribution in [2.24, 2.45) is 0 Å². The van der Waals surface area contributed by atoms with Gasteiger partial charge in [-0.25, -0.2) is 0 Å². The molecule has 0 spiro atoms. The van der Waals surface area contributed by atoms with E-state index in [0.29, 0.717) is 0 Å². The largest absolute Gasteiger partial charge is 0.352 e. The monoisotopic (exact) mass is 324 g/mol. The molecule has 4 nitrogen and oxygen atoms in total. The van der Waals surface area contributed by atoms with E-state index in [4.69, 9.17) is 0 Å². The summed E-state index contributed by atoms with van der Waals surface area (Å²) in [5.41, 5.74) is 1.88. The number of hydrogen-bond acceptors (Lipinski definition) is 2. The van der Waals surface area contributed by atoms with E-state index in [1.54, 1.807) is 6.92 Å². The predicted molar refractivity (Wildman–Crippen MR) is 77.9 cm³/mol. The Labute approximate surface area is 121 Å². The highest BCUT2D eigenvalue weighted by atomic mass is 79.9. The molecule has 0 aromatic heterocycles. The standard InChI is InChI=1S/C14H17BrN2O2/c1-3-11-7-13(16-8-18)12-6-10(15)4-5-14(12)17(11)9(2)19/h4-6,8,11,13H,3,7H2,1-2H3,(H,16,18)/t11-,13+/m1/s1. The lowest BCUT2D eigenvalue weighted by molar-refractivity contribution is -0.117. The van der Waals surface area contributed by atoms with E-state index in [1.807, 2.05) is 23.1 Å². The maximum absolute atomic E-state index is 11.9. The second-order valence-electron chi connectivity index (χ2n) is 4.73. The number of carbonyl (C=O) groups is 2. The molecule has 0 aliphatic carbocycles. The number of benzene rings is 1. The number of anilines is 1. The van der Waals surface area contributed by atoms with Gasteiger partial charge >= 0.3 is 0 Å². The van der Waals surface area contributed by atoms with E-state index in [1.165, 1.54) is 0 Å². The summed E-state index contributed by atoms with van der Waals surface area (Å²) >= 11 is 3.44. The normalized spacial score (nSPS) is 21.7. The number of hydrogen-bond donors (Lipinski definition) is 1. The van der Waals surface area contributed by atoms with Gasteiger partial charge < -0.3 is 10.2 Å². The molecule has 2 amide bonds. The lowest BCUT2D eigenvalue weighted by atomic mass is 9.90. The van der Waals surface area contributed by atoms with Crippen molar-refractivity contribution in [2.75, 3.05) is 4.90 Å². The summed E-state index contributed by atoms with van der Waals surface area (Å²) in [5, 5.41) is 2.85. The van der Waals surface area contributed by atoms with Crippen molar-refractivity contribution in [2.45, 2.75) is 38.8 Å². The Morgan fingerprint density at radius 1 is 1.58 bits per heavy atom. The van der Waals surface area contributed by atoms with Crippen LogP contribution in [0.5, 0.6) is 0 Å². The summed E-state index contributed by atoms with van der Waals surface area (Å²) in [6, 6.07) is 5.92. The molecule has 0 fully saturated rings.